The molecule has 0 saturated heterocycles. The lowest BCUT2D eigenvalue weighted by atomic mass is 10.0. The summed E-state index contributed by atoms with van der Waals surface area (Å²) >= 11 is 0. The van der Waals surface area contributed by atoms with Crippen LogP contribution >= 0.6 is 0 Å². The lowest BCUT2D eigenvalue weighted by Crippen LogP contribution is -2.45. The number of esters is 1. The third-order valence-corrected chi connectivity index (χ3v) is 14.9. The maximum Gasteiger partial charge on any atom is 0.305 e. The summed E-state index contributed by atoms with van der Waals surface area (Å²) in [4.78, 5) is 24.6. The monoisotopic (exact) mass is 1010 g/mol. The van der Waals surface area contributed by atoms with Crippen molar-refractivity contribution in [1.82, 2.24) is 5.32 Å². The van der Waals surface area contributed by atoms with Crippen LogP contribution in [0.1, 0.15) is 348 Å². The van der Waals surface area contributed by atoms with Crippen LogP contribution in [0.4, 0.5) is 0 Å². The summed E-state index contributed by atoms with van der Waals surface area (Å²) < 4.78 is 5.48. The van der Waals surface area contributed by atoms with E-state index in [-0.39, 0.29) is 18.5 Å². The number of hydrogen-bond donors (Lipinski definition) is 3. The molecule has 0 aromatic carbocycles. The van der Waals surface area contributed by atoms with Crippen molar-refractivity contribution in [2.24, 2.45) is 0 Å². The minimum absolute atomic E-state index is 0.00545. The highest BCUT2D eigenvalue weighted by Gasteiger charge is 2.18. The van der Waals surface area contributed by atoms with Gasteiger partial charge >= 0.3 is 5.97 Å². The van der Waals surface area contributed by atoms with Crippen LogP contribution in [0, 0.1) is 0 Å². The molecule has 6 heteroatoms. The second kappa shape index (κ2) is 61.6. The number of ether oxygens (including phenoxy) is 1. The number of hydrogen-bond acceptors (Lipinski definition) is 5. The second-order valence-corrected chi connectivity index (χ2v) is 22.1. The van der Waals surface area contributed by atoms with Gasteiger partial charge in [-0.3, -0.25) is 9.59 Å². The molecule has 1 amide bonds. The normalized spacial score (nSPS) is 12.8. The van der Waals surface area contributed by atoms with E-state index in [4.69, 9.17) is 4.74 Å². The van der Waals surface area contributed by atoms with Gasteiger partial charge in [0.2, 0.25) is 5.91 Å². The van der Waals surface area contributed by atoms with Gasteiger partial charge in [-0.15, -0.1) is 0 Å². The van der Waals surface area contributed by atoms with Crippen LogP contribution in [0.2, 0.25) is 0 Å². The van der Waals surface area contributed by atoms with E-state index in [9.17, 15) is 19.8 Å². The van der Waals surface area contributed by atoms with Crippen molar-refractivity contribution < 1.29 is 24.5 Å². The molecule has 0 aliphatic heterocycles. The average molecular weight is 1010 g/mol. The molecule has 0 heterocycles. The van der Waals surface area contributed by atoms with Gasteiger partial charge in [0.05, 0.1) is 25.4 Å². The van der Waals surface area contributed by atoms with Crippen LogP contribution in [-0.4, -0.2) is 47.4 Å². The van der Waals surface area contributed by atoms with E-state index in [0.29, 0.717) is 19.4 Å². The first-order chi connectivity index (χ1) is 35.5. The molecule has 0 saturated carbocycles. The predicted molar refractivity (Wildman–Crippen MR) is 315 cm³/mol. The van der Waals surface area contributed by atoms with Crippen molar-refractivity contribution in [3.8, 4) is 0 Å². The van der Waals surface area contributed by atoms with Gasteiger partial charge in [0.25, 0.3) is 0 Å². The lowest BCUT2D eigenvalue weighted by Gasteiger charge is -2.20. The van der Waals surface area contributed by atoms with E-state index in [1.807, 2.05) is 6.08 Å². The van der Waals surface area contributed by atoms with E-state index in [1.54, 1.807) is 6.08 Å². The predicted octanol–water partition coefficient (Wildman–Crippen LogP) is 20.4. The summed E-state index contributed by atoms with van der Waals surface area (Å²) in [5, 5.41) is 23.2. The average Bonchev–Trinajstić information content (AvgIpc) is 3.38. The summed E-state index contributed by atoms with van der Waals surface area (Å²) in [6, 6.07) is -0.640. The zero-order chi connectivity index (χ0) is 52.2. The minimum atomic E-state index is -0.855. The Morgan fingerprint density at radius 1 is 0.375 bits per heavy atom. The Hall–Kier alpha value is -1.92. The third kappa shape index (κ3) is 57.4. The molecule has 3 N–H and O–H groups in total. The van der Waals surface area contributed by atoms with Gasteiger partial charge in [0.15, 0.2) is 0 Å². The Labute approximate surface area is 449 Å². The molecule has 0 aliphatic carbocycles. The molecule has 0 spiro atoms. The third-order valence-electron chi connectivity index (χ3n) is 14.9. The quantitative estimate of drug-likeness (QED) is 0.0320. The maximum absolute atomic E-state index is 12.5. The lowest BCUT2D eigenvalue weighted by molar-refractivity contribution is -0.143. The Morgan fingerprint density at radius 2 is 0.653 bits per heavy atom. The van der Waals surface area contributed by atoms with Crippen LogP contribution in [0.5, 0.6) is 0 Å². The fraction of sp³-hybridized carbons (Fsp3) is 0.879. The largest absolute Gasteiger partial charge is 0.466 e. The minimum Gasteiger partial charge on any atom is -0.466 e. The van der Waals surface area contributed by atoms with Gasteiger partial charge in [0.1, 0.15) is 0 Å². The van der Waals surface area contributed by atoms with Gasteiger partial charge in [-0.25, -0.2) is 0 Å². The van der Waals surface area contributed by atoms with Crippen LogP contribution < -0.4 is 5.32 Å². The first-order valence-corrected chi connectivity index (χ1v) is 32.3. The van der Waals surface area contributed by atoms with Crippen LogP contribution in [-0.2, 0) is 14.3 Å². The first kappa shape index (κ1) is 70.1. The zero-order valence-electron chi connectivity index (χ0n) is 48.4. The molecule has 0 fully saturated rings. The number of allylic oxidation sites excluding steroid dienone is 5. The standard InChI is InChI=1S/C66H125NO5/c1-3-5-7-9-11-13-15-17-19-20-21-22-23-24-27-31-34-38-42-46-50-54-58-64(69)63(62-68)67-65(70)59-55-51-47-43-39-35-32-28-25-26-29-33-37-41-45-49-53-57-61-72-66(71)60-56-52-48-44-40-36-30-18-16-14-12-10-8-6-4-2/h18,28,30,32,54,58,63-64,68-69H,3-17,19-27,29,31,33-53,55-57,59-62H2,1-2H3,(H,67,70)/b30-18-,32-28-,58-54+. The molecule has 0 aromatic rings. The van der Waals surface area contributed by atoms with Gasteiger partial charge in [-0.2, -0.15) is 0 Å². The van der Waals surface area contributed by atoms with E-state index in [1.165, 1.54) is 257 Å². The molecule has 2 unspecified atom stereocenters. The van der Waals surface area contributed by atoms with Crippen molar-refractivity contribution in [3.05, 3.63) is 36.5 Å². The number of carbonyl (C=O) groups is 2. The van der Waals surface area contributed by atoms with Crippen molar-refractivity contribution in [1.29, 1.82) is 0 Å². The number of amides is 1. The van der Waals surface area contributed by atoms with Crippen LogP contribution in [0.3, 0.4) is 0 Å². The Balaban J connectivity index is 3.48. The molecular formula is C66H125NO5. The molecular weight excluding hydrogens is 887 g/mol. The van der Waals surface area contributed by atoms with Crippen molar-refractivity contribution >= 4 is 11.9 Å². The van der Waals surface area contributed by atoms with E-state index < -0.39 is 12.1 Å². The summed E-state index contributed by atoms with van der Waals surface area (Å²) in [6.45, 7) is 4.90. The zero-order valence-corrected chi connectivity index (χ0v) is 48.4. The molecule has 2 atom stereocenters. The summed E-state index contributed by atoms with van der Waals surface area (Å²) in [7, 11) is 0. The van der Waals surface area contributed by atoms with Crippen LogP contribution in [0.25, 0.3) is 0 Å². The molecule has 0 aliphatic rings. The van der Waals surface area contributed by atoms with Gasteiger partial charge in [-0.1, -0.05) is 288 Å². The number of rotatable bonds is 60. The smallest absolute Gasteiger partial charge is 0.305 e. The summed E-state index contributed by atoms with van der Waals surface area (Å²) in [5.41, 5.74) is 0. The highest BCUT2D eigenvalue weighted by atomic mass is 16.5. The Morgan fingerprint density at radius 3 is 0.986 bits per heavy atom. The summed E-state index contributed by atoms with van der Waals surface area (Å²) in [5.74, 6) is -0.0851. The van der Waals surface area contributed by atoms with E-state index >= 15 is 0 Å². The van der Waals surface area contributed by atoms with Gasteiger partial charge in [0, 0.05) is 12.8 Å². The molecule has 0 rings (SSSR count). The number of aliphatic hydroxyl groups excluding tert-OH is 2. The topological polar surface area (TPSA) is 95.9 Å². The second-order valence-electron chi connectivity index (χ2n) is 22.1. The molecule has 424 valence electrons. The van der Waals surface area contributed by atoms with Crippen molar-refractivity contribution in [3.63, 3.8) is 0 Å². The fourth-order valence-electron chi connectivity index (χ4n) is 9.92. The molecule has 0 radical (unpaired) electrons. The fourth-order valence-corrected chi connectivity index (χ4v) is 9.92. The number of aliphatic hydroxyl groups is 2. The molecule has 6 nitrogen and oxygen atoms in total. The number of carbonyl (C=O) groups excluding carboxylic acids is 2. The van der Waals surface area contributed by atoms with Crippen molar-refractivity contribution in [2.75, 3.05) is 13.2 Å². The Kier molecular flexibility index (Phi) is 60.0. The Bertz CT molecular complexity index is 1170. The van der Waals surface area contributed by atoms with Gasteiger partial charge in [-0.05, 0) is 83.5 Å². The molecule has 72 heavy (non-hydrogen) atoms. The van der Waals surface area contributed by atoms with Gasteiger partial charge < -0.3 is 20.3 Å². The molecule has 0 bridgehead atoms. The summed E-state index contributed by atoms with van der Waals surface area (Å²) in [6.07, 6.45) is 77.6. The highest BCUT2D eigenvalue weighted by molar-refractivity contribution is 5.76. The SMILES string of the molecule is CCCCCCCC/C=C\CCCCCCCC(=O)OCCCCCCCCCCC/C=C\CCCCCCCC(=O)NC(CO)C(O)/C=C/CCCCCCCCCCCCCCCCCCCCCC. The highest BCUT2D eigenvalue weighted by Crippen LogP contribution is 2.17. The molecule has 0 aromatic heterocycles. The maximum atomic E-state index is 12.5. The first-order valence-electron chi connectivity index (χ1n) is 32.3. The van der Waals surface area contributed by atoms with E-state index in [0.717, 1.165) is 64.2 Å². The number of unbranched alkanes of at least 4 members (excludes halogenated alkanes) is 45. The van der Waals surface area contributed by atoms with Crippen LogP contribution in [0.15, 0.2) is 36.5 Å². The van der Waals surface area contributed by atoms with E-state index in [2.05, 4.69) is 43.5 Å². The van der Waals surface area contributed by atoms with Crippen molar-refractivity contribution in [2.45, 2.75) is 360 Å². The number of nitrogens with one attached hydrogen (secondary N) is 1.